The monoisotopic (exact) mass is 328 g/mol. The fourth-order valence-corrected chi connectivity index (χ4v) is 3.70. The van der Waals surface area contributed by atoms with Gasteiger partial charge in [-0.1, -0.05) is 0 Å². The molecule has 0 radical (unpaired) electrons. The summed E-state index contributed by atoms with van der Waals surface area (Å²) >= 11 is 1.48. The summed E-state index contributed by atoms with van der Waals surface area (Å²) in [6.07, 6.45) is 2.31. The molecule has 1 amide bonds. The van der Waals surface area contributed by atoms with E-state index >= 15 is 0 Å². The molecule has 0 aliphatic heterocycles. The van der Waals surface area contributed by atoms with Crippen molar-refractivity contribution in [2.24, 2.45) is 18.7 Å². The Balaban J connectivity index is 0.00000161. The number of thiophene rings is 1. The highest BCUT2D eigenvalue weighted by Gasteiger charge is 2.41. The quantitative estimate of drug-likeness (QED) is 0.904. The molecule has 1 saturated carbocycles. The number of carbonyl (C=O) groups is 1. The minimum absolute atomic E-state index is 0. The van der Waals surface area contributed by atoms with E-state index < -0.39 is 0 Å². The minimum atomic E-state index is -0.277. The third-order valence-corrected chi connectivity index (χ3v) is 5.42. The van der Waals surface area contributed by atoms with Crippen LogP contribution in [0.15, 0.2) is 6.07 Å². The van der Waals surface area contributed by atoms with Crippen molar-refractivity contribution in [3.05, 3.63) is 16.6 Å². The van der Waals surface area contributed by atoms with Crippen molar-refractivity contribution in [3.8, 4) is 0 Å². The lowest BCUT2D eigenvalue weighted by Gasteiger charge is -2.29. The van der Waals surface area contributed by atoms with Crippen molar-refractivity contribution in [2.75, 3.05) is 6.54 Å². The summed E-state index contributed by atoms with van der Waals surface area (Å²) in [7, 11) is 1.90. The maximum atomic E-state index is 12.5. The highest BCUT2D eigenvalue weighted by molar-refractivity contribution is 7.20. The first-order valence-electron chi connectivity index (χ1n) is 6.90. The molecule has 0 aromatic carbocycles. The van der Waals surface area contributed by atoms with E-state index in [1.165, 1.54) is 11.3 Å². The first-order valence-corrected chi connectivity index (χ1v) is 7.72. The normalized spacial score (nSPS) is 17.3. The molecule has 2 aromatic rings. The predicted molar refractivity (Wildman–Crippen MR) is 88.2 cm³/mol. The Morgan fingerprint density at radius 1 is 1.62 bits per heavy atom. The standard InChI is InChI=1S/C14H20N4OS.ClH/c1-8-10-6-11(20-13(10)18(3)17-8)12(19)16-14(2,7-15)9-4-5-9;/h6,9H,4-5,7,15H2,1-3H3,(H,16,19);1H. The van der Waals surface area contributed by atoms with Gasteiger partial charge in [-0.25, -0.2) is 0 Å². The van der Waals surface area contributed by atoms with Gasteiger partial charge in [0.1, 0.15) is 4.83 Å². The van der Waals surface area contributed by atoms with Crippen LogP contribution in [0.4, 0.5) is 0 Å². The van der Waals surface area contributed by atoms with Crippen LogP contribution in [0.25, 0.3) is 10.2 Å². The molecule has 1 aliphatic rings. The second-order valence-corrected chi connectivity index (χ2v) is 6.92. The van der Waals surface area contributed by atoms with Gasteiger partial charge in [-0.05, 0) is 38.7 Å². The molecule has 1 aliphatic carbocycles. The van der Waals surface area contributed by atoms with Gasteiger partial charge in [0.2, 0.25) is 0 Å². The number of fused-ring (bicyclic) bond motifs is 1. The van der Waals surface area contributed by atoms with E-state index in [-0.39, 0.29) is 23.9 Å². The zero-order valence-corrected chi connectivity index (χ0v) is 14.1. The van der Waals surface area contributed by atoms with E-state index in [0.29, 0.717) is 12.5 Å². The van der Waals surface area contributed by atoms with Crippen molar-refractivity contribution in [3.63, 3.8) is 0 Å². The number of hydrogen-bond acceptors (Lipinski definition) is 4. The first-order chi connectivity index (χ1) is 9.44. The number of aryl methyl sites for hydroxylation is 2. The van der Waals surface area contributed by atoms with Gasteiger partial charge in [-0.2, -0.15) is 5.10 Å². The largest absolute Gasteiger partial charge is 0.345 e. The van der Waals surface area contributed by atoms with Gasteiger partial charge in [0.25, 0.3) is 5.91 Å². The molecule has 1 unspecified atom stereocenters. The lowest BCUT2D eigenvalue weighted by molar-refractivity contribution is 0.0902. The van der Waals surface area contributed by atoms with Crippen LogP contribution in [0.3, 0.4) is 0 Å². The fraction of sp³-hybridized carbons (Fsp3) is 0.571. The number of nitrogens with one attached hydrogen (secondary N) is 1. The molecule has 1 atom stereocenters. The lowest BCUT2D eigenvalue weighted by atomic mass is 9.96. The molecule has 7 heteroatoms. The molecule has 116 valence electrons. The van der Waals surface area contributed by atoms with Gasteiger partial charge < -0.3 is 11.1 Å². The third kappa shape index (κ3) is 2.80. The second kappa shape index (κ2) is 5.59. The maximum absolute atomic E-state index is 12.5. The zero-order valence-electron chi connectivity index (χ0n) is 12.5. The number of aromatic nitrogens is 2. The number of hydrogen-bond donors (Lipinski definition) is 2. The van der Waals surface area contributed by atoms with Crippen molar-refractivity contribution < 1.29 is 4.79 Å². The number of nitrogens with two attached hydrogens (primary N) is 1. The number of rotatable bonds is 4. The summed E-state index contributed by atoms with van der Waals surface area (Å²) in [5.41, 5.74) is 6.53. The minimum Gasteiger partial charge on any atom is -0.345 e. The van der Waals surface area contributed by atoms with Gasteiger partial charge in [0, 0.05) is 19.0 Å². The number of nitrogens with zero attached hydrogens (tertiary/aromatic N) is 2. The lowest BCUT2D eigenvalue weighted by Crippen LogP contribution is -2.53. The molecule has 0 saturated heterocycles. The van der Waals surface area contributed by atoms with E-state index in [2.05, 4.69) is 10.4 Å². The maximum Gasteiger partial charge on any atom is 0.261 e. The van der Waals surface area contributed by atoms with Crippen LogP contribution >= 0.6 is 23.7 Å². The summed E-state index contributed by atoms with van der Waals surface area (Å²) in [4.78, 5) is 14.2. The second-order valence-electron chi connectivity index (χ2n) is 5.89. The van der Waals surface area contributed by atoms with Crippen LogP contribution in [0.1, 0.15) is 35.1 Å². The predicted octanol–water partition coefficient (Wildman–Crippen LogP) is 2.22. The van der Waals surface area contributed by atoms with E-state index in [1.807, 2.05) is 31.6 Å². The summed E-state index contributed by atoms with van der Waals surface area (Å²) in [6, 6.07) is 1.93. The average molecular weight is 329 g/mol. The van der Waals surface area contributed by atoms with Crippen molar-refractivity contribution in [2.45, 2.75) is 32.2 Å². The molecule has 0 spiro atoms. The molecule has 5 nitrogen and oxygen atoms in total. The highest BCUT2D eigenvalue weighted by Crippen LogP contribution is 2.39. The van der Waals surface area contributed by atoms with Crippen LogP contribution in [0, 0.1) is 12.8 Å². The van der Waals surface area contributed by atoms with Gasteiger partial charge in [0.05, 0.1) is 16.1 Å². The first kappa shape index (κ1) is 16.3. The highest BCUT2D eigenvalue weighted by atomic mass is 35.5. The average Bonchev–Trinajstić information content (AvgIpc) is 3.11. The Morgan fingerprint density at radius 3 is 2.81 bits per heavy atom. The molecular formula is C14H21ClN4OS. The van der Waals surface area contributed by atoms with Crippen LogP contribution < -0.4 is 11.1 Å². The number of amides is 1. The Bertz CT molecular complexity index is 641. The van der Waals surface area contributed by atoms with Crippen LogP contribution in [-0.4, -0.2) is 27.8 Å². The van der Waals surface area contributed by atoms with Gasteiger partial charge in [-0.3, -0.25) is 9.48 Å². The Labute approximate surface area is 134 Å². The molecule has 2 aromatic heterocycles. The molecule has 21 heavy (non-hydrogen) atoms. The van der Waals surface area contributed by atoms with Crippen molar-refractivity contribution in [1.29, 1.82) is 0 Å². The van der Waals surface area contributed by atoms with Crippen molar-refractivity contribution in [1.82, 2.24) is 15.1 Å². The fourth-order valence-electron chi connectivity index (χ4n) is 2.68. The van der Waals surface area contributed by atoms with Gasteiger partial charge in [0.15, 0.2) is 0 Å². The summed E-state index contributed by atoms with van der Waals surface area (Å²) in [5.74, 6) is 0.500. The summed E-state index contributed by atoms with van der Waals surface area (Å²) < 4.78 is 1.83. The molecule has 1 fully saturated rings. The van der Waals surface area contributed by atoms with E-state index in [1.54, 1.807) is 0 Å². The Hall–Kier alpha value is -1.11. The van der Waals surface area contributed by atoms with Gasteiger partial charge >= 0.3 is 0 Å². The molecule has 3 rings (SSSR count). The third-order valence-electron chi connectivity index (χ3n) is 4.22. The molecule has 0 bridgehead atoms. The Kier molecular flexibility index (Phi) is 4.33. The topological polar surface area (TPSA) is 72.9 Å². The van der Waals surface area contributed by atoms with Crippen molar-refractivity contribution >= 4 is 39.9 Å². The molecular weight excluding hydrogens is 308 g/mol. The number of halogens is 1. The molecule has 2 heterocycles. The smallest absolute Gasteiger partial charge is 0.261 e. The van der Waals surface area contributed by atoms with Crippen LogP contribution in [0.5, 0.6) is 0 Å². The van der Waals surface area contributed by atoms with Crippen LogP contribution in [-0.2, 0) is 7.05 Å². The summed E-state index contributed by atoms with van der Waals surface area (Å²) in [6.45, 7) is 4.49. The zero-order chi connectivity index (χ0) is 14.5. The van der Waals surface area contributed by atoms with E-state index in [9.17, 15) is 4.79 Å². The number of carbonyl (C=O) groups excluding carboxylic acids is 1. The van der Waals surface area contributed by atoms with Crippen LogP contribution in [0.2, 0.25) is 0 Å². The Morgan fingerprint density at radius 2 is 2.29 bits per heavy atom. The van der Waals surface area contributed by atoms with E-state index in [4.69, 9.17) is 5.73 Å². The van der Waals surface area contributed by atoms with E-state index in [0.717, 1.165) is 33.6 Å². The molecule has 3 N–H and O–H groups in total. The van der Waals surface area contributed by atoms with Gasteiger partial charge in [-0.15, -0.1) is 23.7 Å². The summed E-state index contributed by atoms with van der Waals surface area (Å²) in [5, 5.41) is 8.54. The SMILES string of the molecule is Cc1nn(C)c2sc(C(=O)NC(C)(CN)C3CC3)cc12.Cl.